The van der Waals surface area contributed by atoms with Crippen LogP contribution in [0.2, 0.25) is 0 Å². The minimum atomic E-state index is -0.484. The fourth-order valence-electron chi connectivity index (χ4n) is 2.01. The smallest absolute Gasteiger partial charge is 0.270 e. The second kappa shape index (κ2) is 6.45. The van der Waals surface area contributed by atoms with Gasteiger partial charge in [-0.15, -0.1) is 0 Å². The maximum Gasteiger partial charge on any atom is 0.270 e. The van der Waals surface area contributed by atoms with Crippen LogP contribution in [0.4, 0.5) is 10.1 Å². The fraction of sp³-hybridized carbons (Fsp3) is 0.250. The minimum Gasteiger partial charge on any atom is -0.310 e. The van der Waals surface area contributed by atoms with Crippen LogP contribution in [0.3, 0.4) is 0 Å². The van der Waals surface area contributed by atoms with Crippen molar-refractivity contribution < 1.29 is 9.31 Å². The van der Waals surface area contributed by atoms with Gasteiger partial charge in [-0.25, -0.2) is 4.39 Å². The van der Waals surface area contributed by atoms with E-state index in [1.807, 2.05) is 19.9 Å². The number of rotatable bonds is 5. The molecule has 0 aliphatic carbocycles. The lowest BCUT2D eigenvalue weighted by Crippen LogP contribution is -2.21. The maximum atomic E-state index is 14.2. The molecule has 110 valence electrons. The van der Waals surface area contributed by atoms with Gasteiger partial charge in [0, 0.05) is 30.3 Å². The highest BCUT2D eigenvalue weighted by atomic mass is 19.1. The normalized spacial score (nSPS) is 10.9. The van der Waals surface area contributed by atoms with Crippen molar-refractivity contribution in [2.75, 3.05) is 0 Å². The first-order valence-corrected chi connectivity index (χ1v) is 6.74. The first-order valence-electron chi connectivity index (χ1n) is 6.74. The maximum absolute atomic E-state index is 14.2. The van der Waals surface area contributed by atoms with E-state index in [2.05, 4.69) is 5.32 Å². The number of non-ortho nitro benzene ring substituents is 1. The molecule has 5 heteroatoms. The molecular formula is C16H17FN2O2. The van der Waals surface area contributed by atoms with Gasteiger partial charge in [-0.05, 0) is 17.2 Å². The van der Waals surface area contributed by atoms with Crippen molar-refractivity contribution in [1.82, 2.24) is 5.32 Å². The first kappa shape index (κ1) is 15.1. The molecule has 0 fully saturated rings. The van der Waals surface area contributed by atoms with Gasteiger partial charge in [-0.2, -0.15) is 0 Å². The molecule has 0 aromatic heterocycles. The molecule has 2 aromatic carbocycles. The van der Waals surface area contributed by atoms with Crippen molar-refractivity contribution >= 4 is 5.69 Å². The number of benzene rings is 2. The Kier molecular flexibility index (Phi) is 4.65. The summed E-state index contributed by atoms with van der Waals surface area (Å²) in [6.45, 7) is 4.63. The van der Waals surface area contributed by atoms with Gasteiger partial charge in [0.25, 0.3) is 5.69 Å². The zero-order valence-electron chi connectivity index (χ0n) is 12.0. The molecule has 4 nitrogen and oxygen atoms in total. The Hall–Kier alpha value is -2.27. The lowest BCUT2D eigenvalue weighted by atomic mass is 10.0. The molecule has 1 N–H and O–H groups in total. The summed E-state index contributed by atoms with van der Waals surface area (Å²) >= 11 is 0. The van der Waals surface area contributed by atoms with Crippen LogP contribution in [-0.4, -0.2) is 11.0 Å². The average molecular weight is 288 g/mol. The van der Waals surface area contributed by atoms with E-state index in [4.69, 9.17) is 0 Å². The third-order valence-corrected chi connectivity index (χ3v) is 3.12. The van der Waals surface area contributed by atoms with Gasteiger partial charge in [0.15, 0.2) is 0 Å². The summed E-state index contributed by atoms with van der Waals surface area (Å²) in [6, 6.07) is 11.3. The molecule has 0 aliphatic rings. The minimum absolute atomic E-state index is 0.0440. The molecule has 0 saturated heterocycles. The number of nitrogens with zero attached hydrogens (tertiary/aromatic N) is 1. The predicted octanol–water partition coefficient (Wildman–Crippen LogP) is 3.90. The van der Waals surface area contributed by atoms with Crippen molar-refractivity contribution in [2.24, 2.45) is 0 Å². The SMILES string of the molecule is CC(C)NCc1ccc(-c2cccc([N+](=O)[O-])c2)c(F)c1. The molecule has 21 heavy (non-hydrogen) atoms. The highest BCUT2D eigenvalue weighted by molar-refractivity contribution is 5.67. The fourth-order valence-corrected chi connectivity index (χ4v) is 2.01. The Morgan fingerprint density at radius 3 is 2.62 bits per heavy atom. The molecule has 0 spiro atoms. The Labute approximate surface area is 122 Å². The van der Waals surface area contributed by atoms with Crippen LogP contribution < -0.4 is 5.32 Å². The van der Waals surface area contributed by atoms with Gasteiger partial charge in [0.2, 0.25) is 0 Å². The summed E-state index contributed by atoms with van der Waals surface area (Å²) in [7, 11) is 0. The van der Waals surface area contributed by atoms with Crippen LogP contribution >= 0.6 is 0 Å². The van der Waals surface area contributed by atoms with Gasteiger partial charge in [-0.1, -0.05) is 38.1 Å². The molecule has 0 radical (unpaired) electrons. The largest absolute Gasteiger partial charge is 0.310 e. The molecule has 0 unspecified atom stereocenters. The van der Waals surface area contributed by atoms with Crippen LogP contribution in [0.15, 0.2) is 42.5 Å². The van der Waals surface area contributed by atoms with Crippen LogP contribution in [0.1, 0.15) is 19.4 Å². The topological polar surface area (TPSA) is 55.2 Å². The van der Waals surface area contributed by atoms with E-state index < -0.39 is 4.92 Å². The summed E-state index contributed by atoms with van der Waals surface area (Å²) in [6.07, 6.45) is 0. The molecule has 0 bridgehead atoms. The van der Waals surface area contributed by atoms with E-state index in [0.717, 1.165) is 5.56 Å². The Morgan fingerprint density at radius 1 is 1.24 bits per heavy atom. The summed E-state index contributed by atoms with van der Waals surface area (Å²) in [5.74, 6) is -0.376. The zero-order chi connectivity index (χ0) is 15.4. The lowest BCUT2D eigenvalue weighted by molar-refractivity contribution is -0.384. The molecule has 0 heterocycles. The molecule has 0 saturated carbocycles. The highest BCUT2D eigenvalue weighted by Gasteiger charge is 2.11. The standard InChI is InChI=1S/C16H17FN2O2/c1-11(2)18-10-12-6-7-15(16(17)8-12)13-4-3-5-14(9-13)19(20)21/h3-9,11,18H,10H2,1-2H3. The van der Waals surface area contributed by atoms with Gasteiger partial charge >= 0.3 is 0 Å². The zero-order valence-corrected chi connectivity index (χ0v) is 12.0. The van der Waals surface area contributed by atoms with E-state index in [9.17, 15) is 14.5 Å². The van der Waals surface area contributed by atoms with Crippen LogP contribution in [0.25, 0.3) is 11.1 Å². The average Bonchev–Trinajstić information content (AvgIpc) is 2.45. The predicted molar refractivity (Wildman–Crippen MR) is 80.5 cm³/mol. The van der Waals surface area contributed by atoms with Crippen molar-refractivity contribution in [3.8, 4) is 11.1 Å². The molecule has 0 amide bonds. The molecular weight excluding hydrogens is 271 g/mol. The van der Waals surface area contributed by atoms with Gasteiger partial charge in [0.05, 0.1) is 4.92 Å². The highest BCUT2D eigenvalue weighted by Crippen LogP contribution is 2.26. The summed E-state index contributed by atoms with van der Waals surface area (Å²) in [5.41, 5.74) is 1.67. The van der Waals surface area contributed by atoms with Gasteiger partial charge < -0.3 is 5.32 Å². The Bertz CT molecular complexity index is 656. The third-order valence-electron chi connectivity index (χ3n) is 3.12. The summed E-state index contributed by atoms with van der Waals surface area (Å²) in [5, 5.41) is 14.0. The number of hydrogen-bond acceptors (Lipinski definition) is 3. The van der Waals surface area contributed by atoms with E-state index in [0.29, 0.717) is 23.7 Å². The van der Waals surface area contributed by atoms with Crippen LogP contribution in [-0.2, 0) is 6.54 Å². The second-order valence-electron chi connectivity index (χ2n) is 5.16. The number of halogens is 1. The van der Waals surface area contributed by atoms with E-state index >= 15 is 0 Å². The van der Waals surface area contributed by atoms with Crippen molar-refractivity contribution in [3.63, 3.8) is 0 Å². The quantitative estimate of drug-likeness (QED) is 0.670. The molecule has 0 atom stereocenters. The number of nitro benzene ring substituents is 1. The van der Waals surface area contributed by atoms with E-state index in [1.165, 1.54) is 18.2 Å². The van der Waals surface area contributed by atoms with E-state index in [1.54, 1.807) is 18.2 Å². The Morgan fingerprint density at radius 2 is 2.00 bits per heavy atom. The lowest BCUT2D eigenvalue weighted by Gasteiger charge is -2.10. The van der Waals surface area contributed by atoms with Crippen LogP contribution in [0, 0.1) is 15.9 Å². The van der Waals surface area contributed by atoms with Crippen LogP contribution in [0.5, 0.6) is 0 Å². The van der Waals surface area contributed by atoms with Crippen molar-refractivity contribution in [3.05, 3.63) is 64.0 Å². The molecule has 2 rings (SSSR count). The number of hydrogen-bond donors (Lipinski definition) is 1. The second-order valence-corrected chi connectivity index (χ2v) is 5.16. The molecule has 2 aromatic rings. The van der Waals surface area contributed by atoms with Crippen molar-refractivity contribution in [1.29, 1.82) is 0 Å². The van der Waals surface area contributed by atoms with E-state index in [-0.39, 0.29) is 11.5 Å². The van der Waals surface area contributed by atoms with Crippen molar-refractivity contribution in [2.45, 2.75) is 26.4 Å². The molecule has 0 aliphatic heterocycles. The summed E-state index contributed by atoms with van der Waals surface area (Å²) < 4.78 is 14.2. The summed E-state index contributed by atoms with van der Waals surface area (Å²) in [4.78, 5) is 10.3. The van der Waals surface area contributed by atoms with Gasteiger partial charge in [0.1, 0.15) is 5.82 Å². The third kappa shape index (κ3) is 3.86. The number of nitrogens with one attached hydrogen (secondary N) is 1. The number of nitro groups is 1. The first-order chi connectivity index (χ1) is 9.97. The Balaban J connectivity index is 2.28. The van der Waals surface area contributed by atoms with Gasteiger partial charge in [-0.3, -0.25) is 10.1 Å². The monoisotopic (exact) mass is 288 g/mol.